The molecule has 1 aliphatic heterocycles. The molecular weight excluding hydrogens is 254 g/mol. The molecule has 0 saturated carbocycles. The maximum atomic E-state index is 5.94. The van der Waals surface area contributed by atoms with Crippen molar-refractivity contribution in [2.45, 2.75) is 39.3 Å². The lowest BCUT2D eigenvalue weighted by Gasteiger charge is -2.31. The lowest BCUT2D eigenvalue weighted by Crippen LogP contribution is -2.46. The van der Waals surface area contributed by atoms with Crippen LogP contribution in [0.25, 0.3) is 0 Å². The number of nitrogens with one attached hydrogen (secondary N) is 1. The maximum Gasteiger partial charge on any atom is 0.0821 e. The highest BCUT2D eigenvalue weighted by Crippen LogP contribution is 2.19. The van der Waals surface area contributed by atoms with Crippen molar-refractivity contribution in [1.82, 2.24) is 5.32 Å². The minimum absolute atomic E-state index is 0.347. The average Bonchev–Trinajstić information content (AvgIpc) is 2.38. The van der Waals surface area contributed by atoms with E-state index in [2.05, 4.69) is 44.3 Å². The number of hydrogen-bond donors (Lipinski definition) is 1. The molecule has 2 atom stereocenters. The van der Waals surface area contributed by atoms with Crippen LogP contribution in [0.5, 0.6) is 0 Å². The van der Waals surface area contributed by atoms with Gasteiger partial charge in [-0.3, -0.25) is 0 Å². The molecule has 1 fully saturated rings. The summed E-state index contributed by atoms with van der Waals surface area (Å²) in [6.07, 6.45) is 1.40. The molecule has 1 aromatic rings. The third-order valence-electron chi connectivity index (χ3n) is 3.49. The zero-order valence-electron chi connectivity index (χ0n) is 12.2. The second-order valence-corrected chi connectivity index (χ2v) is 6.50. The third-order valence-corrected chi connectivity index (χ3v) is 4.51. The summed E-state index contributed by atoms with van der Waals surface area (Å²) in [5.74, 6) is 2.25. The molecule has 2 rings (SSSR count). The van der Waals surface area contributed by atoms with Gasteiger partial charge in [-0.15, -0.1) is 0 Å². The first-order chi connectivity index (χ1) is 9.19. The van der Waals surface area contributed by atoms with Crippen LogP contribution in [-0.2, 0) is 11.2 Å². The summed E-state index contributed by atoms with van der Waals surface area (Å²) in [5, 5.41) is 3.60. The number of aryl methyl sites for hydroxylation is 2. The Labute approximate surface area is 121 Å². The van der Waals surface area contributed by atoms with Crippen LogP contribution in [0.15, 0.2) is 18.2 Å². The molecule has 0 radical (unpaired) electrons. The van der Waals surface area contributed by atoms with Crippen molar-refractivity contribution in [3.05, 3.63) is 34.9 Å². The minimum atomic E-state index is 0.347. The number of ether oxygens (including phenoxy) is 1. The smallest absolute Gasteiger partial charge is 0.0821 e. The van der Waals surface area contributed by atoms with Crippen molar-refractivity contribution in [1.29, 1.82) is 0 Å². The van der Waals surface area contributed by atoms with E-state index in [9.17, 15) is 0 Å². The Kier molecular flexibility index (Phi) is 5.74. The summed E-state index contributed by atoms with van der Waals surface area (Å²) in [7, 11) is 0. The highest BCUT2D eigenvalue weighted by Gasteiger charge is 2.24. The molecule has 1 aliphatic rings. The van der Waals surface area contributed by atoms with Crippen molar-refractivity contribution < 1.29 is 4.74 Å². The van der Waals surface area contributed by atoms with Gasteiger partial charge in [0.05, 0.1) is 12.7 Å². The predicted octanol–water partition coefficient (Wildman–Crippen LogP) is 2.96. The van der Waals surface area contributed by atoms with Crippen LogP contribution in [-0.4, -0.2) is 36.8 Å². The normalized spacial score (nSPS) is 21.3. The molecule has 2 nitrogen and oxygen atoms in total. The van der Waals surface area contributed by atoms with Crippen LogP contribution in [0.2, 0.25) is 0 Å². The highest BCUT2D eigenvalue weighted by atomic mass is 32.2. The second-order valence-electron chi connectivity index (χ2n) is 5.35. The Morgan fingerprint density at radius 3 is 2.63 bits per heavy atom. The Balaban J connectivity index is 2.06. The minimum Gasteiger partial charge on any atom is -0.375 e. The van der Waals surface area contributed by atoms with Gasteiger partial charge in [0.15, 0.2) is 0 Å². The fourth-order valence-corrected chi connectivity index (χ4v) is 3.72. The summed E-state index contributed by atoms with van der Waals surface area (Å²) >= 11 is 2.01. The van der Waals surface area contributed by atoms with Gasteiger partial charge in [0.25, 0.3) is 0 Å². The Morgan fingerprint density at radius 2 is 2.05 bits per heavy atom. The van der Waals surface area contributed by atoms with E-state index < -0.39 is 0 Å². The molecule has 0 aromatic heterocycles. The number of likely N-dealkylation sites (N-methyl/N-ethyl adjacent to an activating group) is 1. The van der Waals surface area contributed by atoms with Crippen molar-refractivity contribution >= 4 is 11.8 Å². The van der Waals surface area contributed by atoms with Crippen LogP contribution < -0.4 is 5.32 Å². The first kappa shape index (κ1) is 14.9. The summed E-state index contributed by atoms with van der Waals surface area (Å²) in [4.78, 5) is 0. The van der Waals surface area contributed by atoms with Crippen molar-refractivity contribution in [3.8, 4) is 0 Å². The first-order valence-corrected chi connectivity index (χ1v) is 8.34. The van der Waals surface area contributed by atoms with E-state index in [1.54, 1.807) is 0 Å². The first-order valence-electron chi connectivity index (χ1n) is 7.19. The van der Waals surface area contributed by atoms with Crippen LogP contribution >= 0.6 is 11.8 Å². The molecule has 0 amide bonds. The molecule has 106 valence electrons. The summed E-state index contributed by atoms with van der Waals surface area (Å²) in [6.45, 7) is 8.41. The molecule has 2 unspecified atom stereocenters. The summed E-state index contributed by atoms with van der Waals surface area (Å²) in [6, 6.07) is 7.26. The largest absolute Gasteiger partial charge is 0.375 e. The number of thioether (sulfide) groups is 1. The van der Waals surface area contributed by atoms with Gasteiger partial charge in [-0.2, -0.15) is 11.8 Å². The van der Waals surface area contributed by atoms with Crippen LogP contribution in [0.4, 0.5) is 0 Å². The monoisotopic (exact) mass is 279 g/mol. The summed E-state index contributed by atoms with van der Waals surface area (Å²) in [5.41, 5.74) is 4.12. The molecule has 19 heavy (non-hydrogen) atoms. The lowest BCUT2D eigenvalue weighted by atomic mass is 9.98. The topological polar surface area (TPSA) is 21.3 Å². The number of benzene rings is 1. The Hall–Kier alpha value is -0.510. The highest BCUT2D eigenvalue weighted by molar-refractivity contribution is 7.99. The van der Waals surface area contributed by atoms with Gasteiger partial charge in [0, 0.05) is 17.5 Å². The van der Waals surface area contributed by atoms with E-state index >= 15 is 0 Å². The van der Waals surface area contributed by atoms with Gasteiger partial charge in [0.2, 0.25) is 0 Å². The van der Waals surface area contributed by atoms with Crippen molar-refractivity contribution in [2.75, 3.05) is 24.7 Å². The fraction of sp³-hybridized carbons (Fsp3) is 0.625. The van der Waals surface area contributed by atoms with Crippen LogP contribution in [0, 0.1) is 13.8 Å². The zero-order chi connectivity index (χ0) is 13.7. The van der Waals surface area contributed by atoms with Crippen molar-refractivity contribution in [2.24, 2.45) is 0 Å². The van der Waals surface area contributed by atoms with E-state index in [-0.39, 0.29) is 0 Å². The van der Waals surface area contributed by atoms with Crippen LogP contribution in [0.1, 0.15) is 23.6 Å². The zero-order valence-corrected chi connectivity index (χ0v) is 13.1. The quantitative estimate of drug-likeness (QED) is 0.895. The molecule has 0 bridgehead atoms. The standard InChI is InChI=1S/C16H25NOS/c1-4-17-15(16-11-19-6-5-18-16)10-14-8-12(2)7-13(3)9-14/h7-9,15-17H,4-6,10-11H2,1-3H3. The van der Waals surface area contributed by atoms with E-state index in [4.69, 9.17) is 4.74 Å². The maximum absolute atomic E-state index is 5.94. The second kappa shape index (κ2) is 7.32. The SMILES string of the molecule is CCNC(Cc1cc(C)cc(C)c1)C1CSCCO1. The molecular formula is C16H25NOS. The van der Waals surface area contributed by atoms with Gasteiger partial charge in [-0.25, -0.2) is 0 Å². The molecule has 1 heterocycles. The molecule has 0 spiro atoms. The number of hydrogen-bond acceptors (Lipinski definition) is 3. The molecule has 1 aromatic carbocycles. The third kappa shape index (κ3) is 4.51. The van der Waals surface area contributed by atoms with Gasteiger partial charge in [-0.1, -0.05) is 36.2 Å². The molecule has 1 N–H and O–H groups in total. The molecule has 3 heteroatoms. The van der Waals surface area contributed by atoms with E-state index in [0.717, 1.165) is 31.1 Å². The van der Waals surface area contributed by atoms with Gasteiger partial charge in [0.1, 0.15) is 0 Å². The Bertz CT molecular complexity index is 381. The average molecular weight is 279 g/mol. The predicted molar refractivity (Wildman–Crippen MR) is 84.1 cm³/mol. The van der Waals surface area contributed by atoms with E-state index in [0.29, 0.717) is 12.1 Å². The Morgan fingerprint density at radius 1 is 1.32 bits per heavy atom. The van der Waals surface area contributed by atoms with Crippen LogP contribution in [0.3, 0.4) is 0 Å². The van der Waals surface area contributed by atoms with Gasteiger partial charge < -0.3 is 10.1 Å². The van der Waals surface area contributed by atoms with E-state index in [1.807, 2.05) is 11.8 Å². The fourth-order valence-electron chi connectivity index (χ4n) is 2.78. The summed E-state index contributed by atoms with van der Waals surface area (Å²) < 4.78 is 5.94. The molecule has 0 aliphatic carbocycles. The number of rotatable bonds is 5. The van der Waals surface area contributed by atoms with Gasteiger partial charge in [-0.05, 0) is 32.4 Å². The van der Waals surface area contributed by atoms with Gasteiger partial charge >= 0.3 is 0 Å². The molecule has 1 saturated heterocycles. The lowest BCUT2D eigenvalue weighted by molar-refractivity contribution is 0.0476. The van der Waals surface area contributed by atoms with E-state index in [1.165, 1.54) is 16.7 Å². The van der Waals surface area contributed by atoms with Crippen molar-refractivity contribution in [3.63, 3.8) is 0 Å².